The van der Waals surface area contributed by atoms with E-state index in [1.165, 1.54) is 6.07 Å². The van der Waals surface area contributed by atoms with Gasteiger partial charge < -0.3 is 15.5 Å². The monoisotopic (exact) mass is 241 g/mol. The van der Waals surface area contributed by atoms with Gasteiger partial charge in [-0.25, -0.2) is 4.39 Å². The highest BCUT2D eigenvalue weighted by molar-refractivity contribution is 5.33. The molecule has 96 valence electrons. The molecule has 4 heteroatoms. The third kappa shape index (κ3) is 4.32. The van der Waals surface area contributed by atoms with Crippen molar-refractivity contribution in [1.29, 1.82) is 0 Å². The van der Waals surface area contributed by atoms with Gasteiger partial charge in [0.1, 0.15) is 0 Å². The van der Waals surface area contributed by atoms with Crippen molar-refractivity contribution in [2.75, 3.05) is 6.54 Å². The van der Waals surface area contributed by atoms with E-state index in [0.717, 1.165) is 6.42 Å². The molecule has 1 aromatic carbocycles. The van der Waals surface area contributed by atoms with Crippen molar-refractivity contribution in [3.8, 4) is 5.75 Å². The van der Waals surface area contributed by atoms with Gasteiger partial charge in [0.05, 0.1) is 5.60 Å². The first kappa shape index (κ1) is 13.9. The van der Waals surface area contributed by atoms with Crippen LogP contribution in [0.1, 0.15) is 32.3 Å². The first-order valence-corrected chi connectivity index (χ1v) is 5.86. The molecule has 0 fully saturated rings. The van der Waals surface area contributed by atoms with Crippen LogP contribution in [-0.2, 0) is 6.54 Å². The Hall–Kier alpha value is -1.13. The molecular weight excluding hydrogens is 221 g/mol. The highest BCUT2D eigenvalue weighted by Gasteiger charge is 2.18. The minimum atomic E-state index is -0.766. The van der Waals surface area contributed by atoms with Crippen molar-refractivity contribution < 1.29 is 14.6 Å². The zero-order valence-corrected chi connectivity index (χ0v) is 10.3. The van der Waals surface area contributed by atoms with Gasteiger partial charge in [0.15, 0.2) is 11.6 Å². The smallest absolute Gasteiger partial charge is 0.165 e. The summed E-state index contributed by atoms with van der Waals surface area (Å²) in [6.45, 7) is 4.52. The van der Waals surface area contributed by atoms with E-state index in [2.05, 4.69) is 5.32 Å². The van der Waals surface area contributed by atoms with Crippen molar-refractivity contribution in [2.24, 2.45) is 0 Å². The van der Waals surface area contributed by atoms with Gasteiger partial charge in [-0.05, 0) is 19.4 Å². The minimum Gasteiger partial charge on any atom is -0.505 e. The number of halogens is 1. The van der Waals surface area contributed by atoms with Gasteiger partial charge in [0, 0.05) is 18.7 Å². The van der Waals surface area contributed by atoms with Crippen LogP contribution in [0.4, 0.5) is 4.39 Å². The quantitative estimate of drug-likeness (QED) is 0.715. The zero-order valence-electron chi connectivity index (χ0n) is 10.3. The lowest BCUT2D eigenvalue weighted by molar-refractivity contribution is 0.0497. The minimum absolute atomic E-state index is 0.324. The lowest BCUT2D eigenvalue weighted by Gasteiger charge is -2.23. The number of phenolic OH excluding ortho intramolecular Hbond substituents is 1. The molecule has 3 N–H and O–H groups in total. The van der Waals surface area contributed by atoms with E-state index in [1.807, 2.05) is 6.92 Å². The molecule has 0 radical (unpaired) electrons. The number of hydrogen-bond donors (Lipinski definition) is 3. The fourth-order valence-corrected chi connectivity index (χ4v) is 1.80. The molecule has 0 saturated heterocycles. The Balaban J connectivity index is 2.49. The molecule has 1 rings (SSSR count). The SMILES string of the molecule is CCCC(C)(O)CNCc1cccc(F)c1O. The summed E-state index contributed by atoms with van der Waals surface area (Å²) in [5, 5.41) is 22.4. The first-order valence-electron chi connectivity index (χ1n) is 5.86. The molecule has 1 aromatic rings. The molecule has 0 amide bonds. The van der Waals surface area contributed by atoms with Gasteiger partial charge in [-0.2, -0.15) is 0 Å². The summed E-state index contributed by atoms with van der Waals surface area (Å²) in [7, 11) is 0. The molecule has 1 atom stereocenters. The van der Waals surface area contributed by atoms with Crippen LogP contribution in [0.25, 0.3) is 0 Å². The fraction of sp³-hybridized carbons (Fsp3) is 0.538. The predicted molar refractivity (Wildman–Crippen MR) is 65.3 cm³/mol. The summed E-state index contributed by atoms with van der Waals surface area (Å²) >= 11 is 0. The summed E-state index contributed by atoms with van der Waals surface area (Å²) in [5.41, 5.74) is -0.269. The van der Waals surface area contributed by atoms with Gasteiger partial charge in [-0.1, -0.05) is 25.5 Å². The first-order chi connectivity index (χ1) is 7.96. The Bertz CT molecular complexity index is 366. The summed E-state index contributed by atoms with van der Waals surface area (Å²) in [6, 6.07) is 4.42. The molecule has 0 aromatic heterocycles. The lowest BCUT2D eigenvalue weighted by Crippen LogP contribution is -2.37. The van der Waals surface area contributed by atoms with E-state index in [4.69, 9.17) is 0 Å². The van der Waals surface area contributed by atoms with Gasteiger partial charge >= 0.3 is 0 Å². The highest BCUT2D eigenvalue weighted by atomic mass is 19.1. The average Bonchev–Trinajstić information content (AvgIpc) is 2.24. The van der Waals surface area contributed by atoms with E-state index in [0.29, 0.717) is 25.1 Å². The summed E-state index contributed by atoms with van der Waals surface area (Å²) in [4.78, 5) is 0. The molecule has 0 aliphatic heterocycles. The van der Waals surface area contributed by atoms with Crippen LogP contribution in [0, 0.1) is 5.82 Å². The number of aromatic hydroxyl groups is 1. The lowest BCUT2D eigenvalue weighted by atomic mass is 10.0. The fourth-order valence-electron chi connectivity index (χ4n) is 1.80. The Morgan fingerprint density at radius 1 is 1.41 bits per heavy atom. The predicted octanol–water partition coefficient (Wildman–Crippen LogP) is 2.17. The van der Waals surface area contributed by atoms with E-state index in [-0.39, 0.29) is 5.75 Å². The van der Waals surface area contributed by atoms with Crippen molar-refractivity contribution in [3.05, 3.63) is 29.6 Å². The van der Waals surface area contributed by atoms with Gasteiger partial charge in [-0.15, -0.1) is 0 Å². The van der Waals surface area contributed by atoms with Crippen molar-refractivity contribution in [2.45, 2.75) is 38.8 Å². The van der Waals surface area contributed by atoms with Crippen molar-refractivity contribution >= 4 is 0 Å². The molecule has 0 aliphatic rings. The summed E-state index contributed by atoms with van der Waals surface area (Å²) in [5.74, 6) is -0.945. The normalized spacial score (nSPS) is 14.6. The average molecular weight is 241 g/mol. The number of nitrogens with one attached hydrogen (secondary N) is 1. The van der Waals surface area contributed by atoms with E-state index in [9.17, 15) is 14.6 Å². The number of aliphatic hydroxyl groups is 1. The molecule has 1 unspecified atom stereocenters. The standard InChI is InChI=1S/C13H20FNO2/c1-3-7-13(2,17)9-15-8-10-5-4-6-11(14)12(10)16/h4-6,15-17H,3,7-9H2,1-2H3. The van der Waals surface area contributed by atoms with Crippen LogP contribution < -0.4 is 5.32 Å². The Morgan fingerprint density at radius 3 is 2.76 bits per heavy atom. The molecule has 0 spiro atoms. The van der Waals surface area contributed by atoms with Crippen LogP contribution in [0.15, 0.2) is 18.2 Å². The van der Waals surface area contributed by atoms with E-state index in [1.54, 1.807) is 19.1 Å². The molecule has 0 bridgehead atoms. The van der Waals surface area contributed by atoms with E-state index < -0.39 is 11.4 Å². The summed E-state index contributed by atoms with van der Waals surface area (Å²) in [6.07, 6.45) is 1.61. The Kier molecular flexibility index (Phi) is 4.90. The van der Waals surface area contributed by atoms with Crippen LogP contribution in [-0.4, -0.2) is 22.4 Å². The summed E-state index contributed by atoms with van der Waals surface area (Å²) < 4.78 is 13.0. The Morgan fingerprint density at radius 2 is 2.12 bits per heavy atom. The largest absolute Gasteiger partial charge is 0.505 e. The van der Waals surface area contributed by atoms with E-state index >= 15 is 0 Å². The van der Waals surface area contributed by atoms with Crippen LogP contribution in [0.5, 0.6) is 5.75 Å². The van der Waals surface area contributed by atoms with Crippen LogP contribution in [0.3, 0.4) is 0 Å². The third-order valence-electron chi connectivity index (χ3n) is 2.68. The third-order valence-corrected chi connectivity index (χ3v) is 2.68. The van der Waals surface area contributed by atoms with Crippen LogP contribution >= 0.6 is 0 Å². The molecule has 0 aliphatic carbocycles. The number of rotatable bonds is 6. The molecule has 17 heavy (non-hydrogen) atoms. The van der Waals surface area contributed by atoms with Gasteiger partial charge in [-0.3, -0.25) is 0 Å². The van der Waals surface area contributed by atoms with Crippen molar-refractivity contribution in [3.63, 3.8) is 0 Å². The van der Waals surface area contributed by atoms with Gasteiger partial charge in [0.25, 0.3) is 0 Å². The Labute approximate surface area is 101 Å². The zero-order chi connectivity index (χ0) is 12.9. The number of phenols is 1. The van der Waals surface area contributed by atoms with Gasteiger partial charge in [0.2, 0.25) is 0 Å². The molecule has 0 saturated carbocycles. The molecular formula is C13H20FNO2. The number of para-hydroxylation sites is 1. The van der Waals surface area contributed by atoms with Crippen molar-refractivity contribution in [1.82, 2.24) is 5.32 Å². The molecule has 0 heterocycles. The second kappa shape index (κ2) is 5.98. The molecule has 3 nitrogen and oxygen atoms in total. The maximum atomic E-state index is 13.0. The number of hydrogen-bond acceptors (Lipinski definition) is 3. The maximum absolute atomic E-state index is 13.0. The second-order valence-electron chi connectivity index (χ2n) is 4.60. The number of benzene rings is 1. The maximum Gasteiger partial charge on any atom is 0.165 e. The topological polar surface area (TPSA) is 52.5 Å². The van der Waals surface area contributed by atoms with Crippen LogP contribution in [0.2, 0.25) is 0 Å². The second-order valence-corrected chi connectivity index (χ2v) is 4.60. The highest BCUT2D eigenvalue weighted by Crippen LogP contribution is 2.20.